The number of carbonyl (C=O) groups excluding carboxylic acids is 1. The van der Waals surface area contributed by atoms with Crippen LogP contribution in [0.15, 0.2) is 41.0 Å². The highest BCUT2D eigenvalue weighted by atomic mass is 79.9. The molecule has 0 aliphatic heterocycles. The van der Waals surface area contributed by atoms with Crippen LogP contribution in [0.3, 0.4) is 0 Å². The van der Waals surface area contributed by atoms with Gasteiger partial charge in [0.05, 0.1) is 16.3 Å². The molecule has 1 N–H and O–H groups in total. The minimum absolute atomic E-state index is 0.00783. The third kappa shape index (κ3) is 3.95. The van der Waals surface area contributed by atoms with Crippen molar-refractivity contribution < 1.29 is 18.0 Å². The maximum Gasteiger partial charge on any atom is 0.416 e. The number of anilines is 1. The normalized spacial score (nSPS) is 11.3. The SMILES string of the molecule is O=C(Nc1cc(C(F)(F)F)ccc1Cl)c1ccc(Br)cn1. The van der Waals surface area contributed by atoms with Crippen molar-refractivity contribution in [1.29, 1.82) is 0 Å². The molecule has 0 aliphatic carbocycles. The van der Waals surface area contributed by atoms with Gasteiger partial charge in [0.25, 0.3) is 5.91 Å². The van der Waals surface area contributed by atoms with Crippen LogP contribution in [0, 0.1) is 0 Å². The first-order valence-corrected chi connectivity index (χ1v) is 6.74. The summed E-state index contributed by atoms with van der Waals surface area (Å²) in [5.41, 5.74) is -0.959. The van der Waals surface area contributed by atoms with Crippen LogP contribution in [-0.4, -0.2) is 10.9 Å². The molecule has 0 saturated heterocycles. The van der Waals surface area contributed by atoms with Crippen LogP contribution in [0.5, 0.6) is 0 Å². The molecule has 8 heteroatoms. The fourth-order valence-electron chi connectivity index (χ4n) is 1.49. The smallest absolute Gasteiger partial charge is 0.319 e. The molecule has 3 nitrogen and oxygen atoms in total. The van der Waals surface area contributed by atoms with Crippen molar-refractivity contribution in [2.24, 2.45) is 0 Å². The summed E-state index contributed by atoms with van der Waals surface area (Å²) in [7, 11) is 0. The summed E-state index contributed by atoms with van der Waals surface area (Å²) in [5.74, 6) is -0.649. The standard InChI is InChI=1S/C13H7BrClF3N2O/c14-8-2-4-10(19-6-8)12(21)20-11-5-7(13(16,17)18)1-3-9(11)15/h1-6H,(H,20,21). The molecule has 1 aromatic carbocycles. The number of alkyl halides is 3. The van der Waals surface area contributed by atoms with Crippen LogP contribution < -0.4 is 5.32 Å². The van der Waals surface area contributed by atoms with Crippen molar-refractivity contribution in [2.45, 2.75) is 6.18 Å². The number of rotatable bonds is 2. The van der Waals surface area contributed by atoms with Crippen LogP contribution in [0.4, 0.5) is 18.9 Å². The van der Waals surface area contributed by atoms with Crippen LogP contribution in [0.25, 0.3) is 0 Å². The number of benzene rings is 1. The lowest BCUT2D eigenvalue weighted by Crippen LogP contribution is -2.15. The number of hydrogen-bond acceptors (Lipinski definition) is 2. The van der Waals surface area contributed by atoms with Gasteiger partial charge in [0, 0.05) is 10.7 Å². The molecule has 0 unspecified atom stereocenters. The van der Waals surface area contributed by atoms with E-state index >= 15 is 0 Å². The second kappa shape index (κ2) is 6.03. The predicted octanol–water partition coefficient (Wildman–Crippen LogP) is 4.77. The zero-order valence-corrected chi connectivity index (χ0v) is 12.6. The lowest BCUT2D eigenvalue weighted by atomic mass is 10.2. The highest BCUT2D eigenvalue weighted by Gasteiger charge is 2.31. The van der Waals surface area contributed by atoms with Gasteiger partial charge in [0.2, 0.25) is 0 Å². The van der Waals surface area contributed by atoms with E-state index in [4.69, 9.17) is 11.6 Å². The Kier molecular flexibility index (Phi) is 4.53. The van der Waals surface area contributed by atoms with Crippen molar-refractivity contribution in [3.8, 4) is 0 Å². The average molecular weight is 380 g/mol. The van der Waals surface area contributed by atoms with E-state index in [2.05, 4.69) is 26.2 Å². The monoisotopic (exact) mass is 378 g/mol. The Balaban J connectivity index is 2.26. The Hall–Kier alpha value is -1.60. The molecule has 1 amide bonds. The number of nitrogens with zero attached hydrogens (tertiary/aromatic N) is 1. The van der Waals surface area contributed by atoms with Gasteiger partial charge < -0.3 is 5.32 Å². The lowest BCUT2D eigenvalue weighted by molar-refractivity contribution is -0.137. The van der Waals surface area contributed by atoms with Gasteiger partial charge in [0.15, 0.2) is 0 Å². The Morgan fingerprint density at radius 2 is 1.95 bits per heavy atom. The number of halogens is 5. The first kappa shape index (κ1) is 15.8. The molecule has 0 fully saturated rings. The maximum atomic E-state index is 12.6. The van der Waals surface area contributed by atoms with Crippen molar-refractivity contribution in [3.05, 3.63) is 57.3 Å². The predicted molar refractivity (Wildman–Crippen MR) is 76.3 cm³/mol. The van der Waals surface area contributed by atoms with E-state index in [1.807, 2.05) is 0 Å². The highest BCUT2D eigenvalue weighted by Crippen LogP contribution is 2.33. The average Bonchev–Trinajstić information content (AvgIpc) is 2.40. The van der Waals surface area contributed by atoms with E-state index < -0.39 is 17.6 Å². The van der Waals surface area contributed by atoms with Gasteiger partial charge in [-0.25, -0.2) is 4.98 Å². The Morgan fingerprint density at radius 1 is 1.24 bits per heavy atom. The fraction of sp³-hybridized carbons (Fsp3) is 0.0769. The van der Waals surface area contributed by atoms with Crippen molar-refractivity contribution in [1.82, 2.24) is 4.98 Å². The third-order valence-corrected chi connectivity index (χ3v) is 3.30. The second-order valence-electron chi connectivity index (χ2n) is 4.01. The van der Waals surface area contributed by atoms with Crippen LogP contribution >= 0.6 is 27.5 Å². The zero-order valence-electron chi connectivity index (χ0n) is 10.2. The summed E-state index contributed by atoms with van der Waals surface area (Å²) in [6, 6.07) is 5.72. The van der Waals surface area contributed by atoms with E-state index in [0.717, 1.165) is 18.2 Å². The summed E-state index contributed by atoms with van der Waals surface area (Å²) >= 11 is 8.96. The van der Waals surface area contributed by atoms with Gasteiger partial charge in [-0.1, -0.05) is 11.6 Å². The van der Waals surface area contributed by atoms with E-state index in [1.165, 1.54) is 12.3 Å². The van der Waals surface area contributed by atoms with E-state index in [-0.39, 0.29) is 16.4 Å². The molecule has 0 radical (unpaired) electrons. The molecule has 2 aromatic rings. The van der Waals surface area contributed by atoms with E-state index in [1.54, 1.807) is 6.07 Å². The number of carbonyl (C=O) groups is 1. The van der Waals surface area contributed by atoms with Gasteiger partial charge >= 0.3 is 6.18 Å². The van der Waals surface area contributed by atoms with Gasteiger partial charge in [0.1, 0.15) is 5.69 Å². The van der Waals surface area contributed by atoms with Gasteiger partial charge in [-0.15, -0.1) is 0 Å². The number of nitrogens with one attached hydrogen (secondary N) is 1. The zero-order chi connectivity index (χ0) is 15.6. The molecule has 21 heavy (non-hydrogen) atoms. The number of hydrogen-bond donors (Lipinski definition) is 1. The molecule has 0 aliphatic rings. The molecule has 110 valence electrons. The van der Waals surface area contributed by atoms with E-state index in [9.17, 15) is 18.0 Å². The van der Waals surface area contributed by atoms with Crippen molar-refractivity contribution >= 4 is 39.1 Å². The summed E-state index contributed by atoms with van der Waals surface area (Å²) in [6.45, 7) is 0. The Labute approximate surface area is 131 Å². The largest absolute Gasteiger partial charge is 0.416 e. The minimum Gasteiger partial charge on any atom is -0.319 e. The number of amides is 1. The molecule has 1 heterocycles. The molecule has 0 saturated carbocycles. The summed E-state index contributed by atoms with van der Waals surface area (Å²) in [6.07, 6.45) is -3.11. The quantitative estimate of drug-likeness (QED) is 0.817. The summed E-state index contributed by atoms with van der Waals surface area (Å²) < 4.78 is 38.6. The molecule has 0 atom stereocenters. The summed E-state index contributed by atoms with van der Waals surface area (Å²) in [4.78, 5) is 15.8. The first-order chi connectivity index (χ1) is 9.77. The number of aromatic nitrogens is 1. The first-order valence-electron chi connectivity index (χ1n) is 5.57. The topological polar surface area (TPSA) is 42.0 Å². The van der Waals surface area contributed by atoms with Gasteiger partial charge in [-0.05, 0) is 46.3 Å². The van der Waals surface area contributed by atoms with Crippen LogP contribution in [-0.2, 0) is 6.18 Å². The highest BCUT2D eigenvalue weighted by molar-refractivity contribution is 9.10. The molecule has 0 bridgehead atoms. The molecular formula is C13H7BrClF3N2O. The number of pyridine rings is 1. The third-order valence-electron chi connectivity index (χ3n) is 2.50. The molecule has 0 spiro atoms. The van der Waals surface area contributed by atoms with Gasteiger partial charge in [-0.3, -0.25) is 4.79 Å². The lowest BCUT2D eigenvalue weighted by Gasteiger charge is -2.11. The van der Waals surface area contributed by atoms with Crippen molar-refractivity contribution in [3.63, 3.8) is 0 Å². The van der Waals surface area contributed by atoms with Gasteiger partial charge in [-0.2, -0.15) is 13.2 Å². The molecular weight excluding hydrogens is 373 g/mol. The fourth-order valence-corrected chi connectivity index (χ4v) is 1.89. The summed E-state index contributed by atoms with van der Waals surface area (Å²) in [5, 5.41) is 2.32. The Morgan fingerprint density at radius 3 is 2.52 bits per heavy atom. The maximum absolute atomic E-state index is 12.6. The molecule has 1 aromatic heterocycles. The van der Waals surface area contributed by atoms with E-state index in [0.29, 0.717) is 4.47 Å². The second-order valence-corrected chi connectivity index (χ2v) is 5.33. The minimum atomic E-state index is -4.51. The van der Waals surface area contributed by atoms with Crippen LogP contribution in [0.1, 0.15) is 16.1 Å². The van der Waals surface area contributed by atoms with Crippen molar-refractivity contribution in [2.75, 3.05) is 5.32 Å². The Bertz CT molecular complexity index is 674. The molecule has 2 rings (SSSR count). The van der Waals surface area contributed by atoms with Crippen LogP contribution in [0.2, 0.25) is 5.02 Å².